The van der Waals surface area contributed by atoms with Crippen LogP contribution in [0.15, 0.2) is 24.3 Å². The van der Waals surface area contributed by atoms with E-state index in [4.69, 9.17) is 0 Å². The molecule has 18 heavy (non-hydrogen) atoms. The summed E-state index contributed by atoms with van der Waals surface area (Å²) in [5, 5.41) is 3.34. The van der Waals surface area contributed by atoms with Crippen LogP contribution in [0.3, 0.4) is 0 Å². The molecule has 0 spiro atoms. The number of fused-ring (bicyclic) bond motifs is 1. The highest BCUT2D eigenvalue weighted by Gasteiger charge is 2.30. The van der Waals surface area contributed by atoms with E-state index in [0.717, 1.165) is 31.6 Å². The van der Waals surface area contributed by atoms with Gasteiger partial charge in [0.05, 0.1) is 6.04 Å². The molecule has 0 aromatic heterocycles. The Bertz CT molecular complexity index is 430. The first kappa shape index (κ1) is 13.4. The SMILES string of the molecule is Cl.O=C([C@@H]1CCCCN1)N1CCc2ccccc21. The molecule has 2 aliphatic rings. The van der Waals surface area contributed by atoms with Crippen molar-refractivity contribution in [1.29, 1.82) is 0 Å². The summed E-state index contributed by atoms with van der Waals surface area (Å²) in [7, 11) is 0. The van der Waals surface area contributed by atoms with E-state index in [1.807, 2.05) is 17.0 Å². The Morgan fingerprint density at radius 2 is 2.11 bits per heavy atom. The molecule has 0 radical (unpaired) electrons. The Morgan fingerprint density at radius 1 is 1.28 bits per heavy atom. The zero-order valence-corrected chi connectivity index (χ0v) is 11.2. The second-order valence-corrected chi connectivity index (χ2v) is 4.87. The molecule has 3 rings (SSSR count). The molecule has 1 atom stereocenters. The van der Waals surface area contributed by atoms with Crippen molar-refractivity contribution in [3.05, 3.63) is 29.8 Å². The number of halogens is 1. The predicted molar refractivity (Wildman–Crippen MR) is 75.4 cm³/mol. The Balaban J connectivity index is 0.00000120. The van der Waals surface area contributed by atoms with Gasteiger partial charge in [-0.05, 0) is 37.4 Å². The van der Waals surface area contributed by atoms with Gasteiger partial charge in [0.25, 0.3) is 0 Å². The second-order valence-electron chi connectivity index (χ2n) is 4.87. The molecule has 1 aromatic carbocycles. The minimum atomic E-state index is 0. The van der Waals surface area contributed by atoms with Gasteiger partial charge in [-0.15, -0.1) is 12.4 Å². The summed E-state index contributed by atoms with van der Waals surface area (Å²) in [6.45, 7) is 1.82. The van der Waals surface area contributed by atoms with E-state index >= 15 is 0 Å². The van der Waals surface area contributed by atoms with Gasteiger partial charge >= 0.3 is 0 Å². The molecule has 0 saturated carbocycles. The van der Waals surface area contributed by atoms with Crippen LogP contribution in [-0.4, -0.2) is 25.0 Å². The normalized spacial score (nSPS) is 22.2. The minimum absolute atomic E-state index is 0. The number of para-hydroxylation sites is 1. The number of anilines is 1. The molecule has 3 nitrogen and oxygen atoms in total. The van der Waals surface area contributed by atoms with Crippen molar-refractivity contribution in [3.8, 4) is 0 Å². The first-order valence-corrected chi connectivity index (χ1v) is 6.49. The molecule has 1 fully saturated rings. The zero-order valence-electron chi connectivity index (χ0n) is 10.4. The lowest BCUT2D eigenvalue weighted by molar-refractivity contribution is -0.121. The van der Waals surface area contributed by atoms with E-state index in [1.54, 1.807) is 0 Å². The fourth-order valence-corrected chi connectivity index (χ4v) is 2.82. The Morgan fingerprint density at radius 3 is 2.89 bits per heavy atom. The Kier molecular flexibility index (Phi) is 4.25. The maximum absolute atomic E-state index is 12.4. The number of nitrogens with one attached hydrogen (secondary N) is 1. The largest absolute Gasteiger partial charge is 0.310 e. The minimum Gasteiger partial charge on any atom is -0.310 e. The number of rotatable bonds is 1. The van der Waals surface area contributed by atoms with Gasteiger partial charge in [-0.2, -0.15) is 0 Å². The summed E-state index contributed by atoms with van der Waals surface area (Å²) in [5.74, 6) is 0.259. The van der Waals surface area contributed by atoms with Crippen LogP contribution in [0.5, 0.6) is 0 Å². The van der Waals surface area contributed by atoms with Crippen LogP contribution in [0.2, 0.25) is 0 Å². The first-order chi connectivity index (χ1) is 8.36. The predicted octanol–water partition coefficient (Wildman–Crippen LogP) is 2.14. The van der Waals surface area contributed by atoms with Gasteiger partial charge in [-0.1, -0.05) is 24.6 Å². The summed E-state index contributed by atoms with van der Waals surface area (Å²) < 4.78 is 0. The zero-order chi connectivity index (χ0) is 11.7. The quantitative estimate of drug-likeness (QED) is 0.845. The average molecular weight is 267 g/mol. The molecular formula is C14H19ClN2O. The smallest absolute Gasteiger partial charge is 0.244 e. The Labute approximate surface area is 114 Å². The van der Waals surface area contributed by atoms with Crippen LogP contribution in [0.1, 0.15) is 24.8 Å². The van der Waals surface area contributed by atoms with Crippen molar-refractivity contribution in [2.75, 3.05) is 18.0 Å². The van der Waals surface area contributed by atoms with Crippen LogP contribution in [0.25, 0.3) is 0 Å². The van der Waals surface area contributed by atoms with Crippen molar-refractivity contribution >= 4 is 24.0 Å². The van der Waals surface area contributed by atoms with Gasteiger partial charge in [0, 0.05) is 12.2 Å². The molecule has 1 saturated heterocycles. The molecule has 0 aliphatic carbocycles. The van der Waals surface area contributed by atoms with Crippen LogP contribution in [0.4, 0.5) is 5.69 Å². The van der Waals surface area contributed by atoms with Crippen LogP contribution in [-0.2, 0) is 11.2 Å². The third-order valence-electron chi connectivity index (χ3n) is 3.76. The third-order valence-corrected chi connectivity index (χ3v) is 3.76. The molecule has 4 heteroatoms. The molecule has 2 heterocycles. The summed E-state index contributed by atoms with van der Waals surface area (Å²) >= 11 is 0. The second kappa shape index (κ2) is 5.72. The summed E-state index contributed by atoms with van der Waals surface area (Å²) in [6.07, 6.45) is 4.34. The Hall–Kier alpha value is -1.06. The van der Waals surface area contributed by atoms with Crippen LogP contribution >= 0.6 is 12.4 Å². The van der Waals surface area contributed by atoms with E-state index in [0.29, 0.717) is 0 Å². The topological polar surface area (TPSA) is 32.3 Å². The fraction of sp³-hybridized carbons (Fsp3) is 0.500. The molecule has 2 aliphatic heterocycles. The number of benzene rings is 1. The lowest BCUT2D eigenvalue weighted by atomic mass is 10.0. The molecule has 0 unspecified atom stereocenters. The van der Waals surface area contributed by atoms with Gasteiger partial charge in [0.15, 0.2) is 0 Å². The number of piperidine rings is 1. The monoisotopic (exact) mass is 266 g/mol. The lowest BCUT2D eigenvalue weighted by Crippen LogP contribution is -2.48. The van der Waals surface area contributed by atoms with E-state index in [-0.39, 0.29) is 24.4 Å². The molecule has 1 amide bonds. The number of hydrogen-bond acceptors (Lipinski definition) is 2. The highest BCUT2D eigenvalue weighted by Crippen LogP contribution is 2.28. The number of nitrogens with zero attached hydrogens (tertiary/aromatic N) is 1. The molecule has 1 aromatic rings. The van der Waals surface area contributed by atoms with Gasteiger partial charge in [0.1, 0.15) is 0 Å². The van der Waals surface area contributed by atoms with Crippen LogP contribution < -0.4 is 10.2 Å². The third kappa shape index (κ3) is 2.38. The first-order valence-electron chi connectivity index (χ1n) is 6.49. The number of hydrogen-bond donors (Lipinski definition) is 1. The van der Waals surface area contributed by atoms with E-state index in [1.165, 1.54) is 18.4 Å². The van der Waals surface area contributed by atoms with Crippen molar-refractivity contribution < 1.29 is 4.79 Å². The fourth-order valence-electron chi connectivity index (χ4n) is 2.82. The van der Waals surface area contributed by atoms with Gasteiger partial charge in [-0.3, -0.25) is 4.79 Å². The maximum atomic E-state index is 12.4. The average Bonchev–Trinajstić information content (AvgIpc) is 2.83. The number of amides is 1. The molecular weight excluding hydrogens is 248 g/mol. The summed E-state index contributed by atoms with van der Waals surface area (Å²) in [4.78, 5) is 14.4. The standard InChI is InChI=1S/C14H18N2O.ClH/c17-14(12-6-3-4-9-15-12)16-10-8-11-5-1-2-7-13(11)16;/h1-2,5,7,12,15H,3-4,6,8-10H2;1H/t12-;/m0./s1. The highest BCUT2D eigenvalue weighted by atomic mass is 35.5. The number of carbonyl (C=O) groups is 1. The van der Waals surface area contributed by atoms with Gasteiger partial charge in [0.2, 0.25) is 5.91 Å². The molecule has 98 valence electrons. The van der Waals surface area contributed by atoms with E-state index in [9.17, 15) is 4.79 Å². The van der Waals surface area contributed by atoms with Crippen molar-refractivity contribution in [3.63, 3.8) is 0 Å². The van der Waals surface area contributed by atoms with Gasteiger partial charge in [-0.25, -0.2) is 0 Å². The van der Waals surface area contributed by atoms with Crippen LogP contribution in [0, 0.1) is 0 Å². The van der Waals surface area contributed by atoms with Crippen molar-refractivity contribution in [2.45, 2.75) is 31.7 Å². The number of carbonyl (C=O) groups excluding carboxylic acids is 1. The van der Waals surface area contributed by atoms with Crippen molar-refractivity contribution in [2.24, 2.45) is 0 Å². The maximum Gasteiger partial charge on any atom is 0.244 e. The van der Waals surface area contributed by atoms with E-state index in [2.05, 4.69) is 17.4 Å². The molecule has 1 N–H and O–H groups in total. The summed E-state index contributed by atoms with van der Waals surface area (Å²) in [6, 6.07) is 8.28. The highest BCUT2D eigenvalue weighted by molar-refractivity contribution is 5.99. The van der Waals surface area contributed by atoms with Gasteiger partial charge < -0.3 is 10.2 Å². The lowest BCUT2D eigenvalue weighted by Gasteiger charge is -2.27. The molecule has 0 bridgehead atoms. The van der Waals surface area contributed by atoms with E-state index < -0.39 is 0 Å². The van der Waals surface area contributed by atoms with Crippen molar-refractivity contribution in [1.82, 2.24) is 5.32 Å². The summed E-state index contributed by atoms with van der Waals surface area (Å²) in [5.41, 5.74) is 2.42.